The van der Waals surface area contributed by atoms with Gasteiger partial charge >= 0.3 is 12.3 Å². The fourth-order valence-corrected chi connectivity index (χ4v) is 1.43. The summed E-state index contributed by atoms with van der Waals surface area (Å²) >= 11 is 3.02. The van der Waals surface area contributed by atoms with E-state index in [1.807, 2.05) is 0 Å². The van der Waals surface area contributed by atoms with Crippen LogP contribution in [0.15, 0.2) is 6.07 Å². The van der Waals surface area contributed by atoms with Crippen molar-refractivity contribution in [3.8, 4) is 11.5 Å². The topological polar surface area (TPSA) is 68.7 Å². The molecular weight excluding hydrogens is 323 g/mol. The largest absolute Gasteiger partial charge is 0.573 e. The van der Waals surface area contributed by atoms with Crippen LogP contribution in [0.3, 0.4) is 0 Å². The van der Waals surface area contributed by atoms with Crippen LogP contribution in [-0.4, -0.2) is 29.5 Å². The maximum atomic E-state index is 12.2. The van der Waals surface area contributed by atoms with E-state index in [9.17, 15) is 18.0 Å². The zero-order chi connectivity index (χ0) is 13.9. The third kappa shape index (κ3) is 3.49. The van der Waals surface area contributed by atoms with Crippen LogP contribution < -0.4 is 9.47 Å². The number of pyridine rings is 1. The van der Waals surface area contributed by atoms with Crippen molar-refractivity contribution in [3.05, 3.63) is 17.5 Å². The molecule has 1 aromatic heterocycles. The van der Waals surface area contributed by atoms with E-state index in [4.69, 9.17) is 5.11 Å². The van der Waals surface area contributed by atoms with Crippen LogP contribution in [0.2, 0.25) is 0 Å². The van der Waals surface area contributed by atoms with E-state index in [1.165, 1.54) is 0 Å². The van der Waals surface area contributed by atoms with Crippen LogP contribution in [0.5, 0.6) is 11.5 Å². The number of methoxy groups -OCH3 is 1. The molecule has 0 aliphatic carbocycles. The van der Waals surface area contributed by atoms with Crippen LogP contribution >= 0.6 is 15.9 Å². The lowest BCUT2D eigenvalue weighted by Gasteiger charge is -2.14. The Hall–Kier alpha value is -1.51. The van der Waals surface area contributed by atoms with Crippen molar-refractivity contribution in [1.29, 1.82) is 0 Å². The molecule has 0 saturated carbocycles. The molecule has 0 aliphatic rings. The van der Waals surface area contributed by atoms with Crippen molar-refractivity contribution in [1.82, 2.24) is 4.98 Å². The number of carbonyl (C=O) groups is 1. The van der Waals surface area contributed by atoms with E-state index < -0.39 is 23.8 Å². The molecule has 5 nitrogen and oxygen atoms in total. The molecular formula is C9H7BrF3NO4. The minimum Gasteiger partial charge on any atom is -0.493 e. The fraction of sp³-hybridized carbons (Fsp3) is 0.333. The average molecular weight is 330 g/mol. The average Bonchev–Trinajstić information content (AvgIpc) is 2.26. The molecule has 1 aromatic rings. The summed E-state index contributed by atoms with van der Waals surface area (Å²) in [5.41, 5.74) is -0.653. The van der Waals surface area contributed by atoms with Crippen LogP contribution in [0.4, 0.5) is 13.2 Å². The van der Waals surface area contributed by atoms with E-state index in [-0.39, 0.29) is 16.8 Å². The van der Waals surface area contributed by atoms with Gasteiger partial charge in [-0.1, -0.05) is 15.9 Å². The molecule has 0 atom stereocenters. The second-order valence-corrected chi connectivity index (χ2v) is 3.54. The Morgan fingerprint density at radius 3 is 2.56 bits per heavy atom. The third-order valence-electron chi connectivity index (χ3n) is 1.77. The summed E-state index contributed by atoms with van der Waals surface area (Å²) in [6.45, 7) is 0. The van der Waals surface area contributed by atoms with E-state index in [1.54, 1.807) is 0 Å². The molecule has 9 heteroatoms. The van der Waals surface area contributed by atoms with Gasteiger partial charge < -0.3 is 14.6 Å². The van der Waals surface area contributed by atoms with Gasteiger partial charge in [-0.15, -0.1) is 13.2 Å². The van der Waals surface area contributed by atoms with E-state index in [2.05, 4.69) is 30.4 Å². The molecule has 0 spiro atoms. The number of carboxylic acids is 1. The standard InChI is InChI=1S/C9H7BrF3NO4/c1-17-5-2-4(3-10)14-6(8(15)16)7(5)18-9(11,12)13/h2H,3H2,1H3,(H,15,16). The minimum absolute atomic E-state index is 0.163. The molecule has 0 fully saturated rings. The highest BCUT2D eigenvalue weighted by Gasteiger charge is 2.35. The number of aromatic carboxylic acids is 1. The summed E-state index contributed by atoms with van der Waals surface area (Å²) in [7, 11) is 1.10. The Kier molecular flexibility index (Phi) is 4.38. The number of ether oxygens (including phenoxy) is 2. The Bertz CT molecular complexity index is 464. The van der Waals surface area contributed by atoms with Gasteiger partial charge in [-0.3, -0.25) is 0 Å². The molecule has 0 bridgehead atoms. The minimum atomic E-state index is -5.03. The number of hydrogen-bond acceptors (Lipinski definition) is 4. The quantitative estimate of drug-likeness (QED) is 0.860. The normalized spacial score (nSPS) is 11.2. The van der Waals surface area contributed by atoms with Gasteiger partial charge in [0.25, 0.3) is 0 Å². The van der Waals surface area contributed by atoms with Gasteiger partial charge in [0.05, 0.1) is 12.8 Å². The maximum Gasteiger partial charge on any atom is 0.573 e. The number of carboxylic acid groups (broad SMARTS) is 1. The summed E-state index contributed by atoms with van der Waals surface area (Å²) in [6.07, 6.45) is -5.03. The first-order chi connectivity index (χ1) is 8.28. The van der Waals surface area contributed by atoms with Gasteiger partial charge in [-0.2, -0.15) is 0 Å². The number of rotatable bonds is 4. The SMILES string of the molecule is COc1cc(CBr)nc(C(=O)O)c1OC(F)(F)F. The van der Waals surface area contributed by atoms with Crippen LogP contribution in [0, 0.1) is 0 Å². The van der Waals surface area contributed by atoms with E-state index in [0.717, 1.165) is 13.2 Å². The van der Waals surface area contributed by atoms with Gasteiger partial charge in [0.2, 0.25) is 5.75 Å². The molecule has 100 valence electrons. The third-order valence-corrected chi connectivity index (χ3v) is 2.34. The highest BCUT2D eigenvalue weighted by atomic mass is 79.9. The van der Waals surface area contributed by atoms with Gasteiger partial charge in [-0.05, 0) is 0 Å². The van der Waals surface area contributed by atoms with Gasteiger partial charge in [0.1, 0.15) is 0 Å². The lowest BCUT2D eigenvalue weighted by atomic mass is 10.2. The molecule has 1 heterocycles. The molecule has 0 saturated heterocycles. The Labute approximate surface area is 108 Å². The predicted molar refractivity (Wildman–Crippen MR) is 57.1 cm³/mol. The summed E-state index contributed by atoms with van der Waals surface area (Å²) in [6, 6.07) is 1.16. The molecule has 1 N–H and O–H groups in total. The van der Waals surface area contributed by atoms with Gasteiger partial charge in [0.15, 0.2) is 11.4 Å². The predicted octanol–water partition coefficient (Wildman–Crippen LogP) is 2.58. The van der Waals surface area contributed by atoms with E-state index >= 15 is 0 Å². The van der Waals surface area contributed by atoms with E-state index in [0.29, 0.717) is 0 Å². The van der Waals surface area contributed by atoms with Crippen molar-refractivity contribution in [2.45, 2.75) is 11.7 Å². The molecule has 0 unspecified atom stereocenters. The van der Waals surface area contributed by atoms with Crippen LogP contribution in [0.25, 0.3) is 0 Å². The summed E-state index contributed by atoms with van der Waals surface area (Å²) in [5.74, 6) is -2.97. The number of hydrogen-bond donors (Lipinski definition) is 1. The second kappa shape index (κ2) is 5.42. The first kappa shape index (κ1) is 14.6. The van der Waals surface area contributed by atoms with Gasteiger partial charge in [-0.25, -0.2) is 9.78 Å². The smallest absolute Gasteiger partial charge is 0.493 e. The number of aromatic nitrogens is 1. The highest BCUT2D eigenvalue weighted by Crippen LogP contribution is 2.35. The summed E-state index contributed by atoms with van der Waals surface area (Å²) < 4.78 is 44.8. The van der Waals surface area contributed by atoms with Crippen molar-refractivity contribution in [3.63, 3.8) is 0 Å². The highest BCUT2D eigenvalue weighted by molar-refractivity contribution is 9.08. The van der Waals surface area contributed by atoms with Crippen LogP contribution in [-0.2, 0) is 5.33 Å². The molecule has 18 heavy (non-hydrogen) atoms. The van der Waals surface area contributed by atoms with Crippen molar-refractivity contribution in [2.75, 3.05) is 7.11 Å². The number of nitrogens with zero attached hydrogens (tertiary/aromatic N) is 1. The maximum absolute atomic E-state index is 12.2. The van der Waals surface area contributed by atoms with Gasteiger partial charge in [0, 0.05) is 11.4 Å². The molecule has 0 aliphatic heterocycles. The monoisotopic (exact) mass is 329 g/mol. The lowest BCUT2D eigenvalue weighted by Crippen LogP contribution is -2.20. The summed E-state index contributed by atoms with van der Waals surface area (Å²) in [4.78, 5) is 14.4. The first-order valence-corrected chi connectivity index (χ1v) is 5.53. The molecule has 0 amide bonds. The molecule has 1 rings (SSSR count). The first-order valence-electron chi connectivity index (χ1n) is 4.41. The number of alkyl halides is 4. The zero-order valence-electron chi connectivity index (χ0n) is 8.92. The lowest BCUT2D eigenvalue weighted by molar-refractivity contribution is -0.275. The van der Waals surface area contributed by atoms with Crippen molar-refractivity contribution < 1.29 is 32.5 Å². The second-order valence-electron chi connectivity index (χ2n) is 2.98. The Balaban J connectivity index is 3.39. The fourth-order valence-electron chi connectivity index (χ4n) is 1.14. The number of halogens is 4. The Morgan fingerprint density at radius 2 is 2.17 bits per heavy atom. The van der Waals surface area contributed by atoms with Crippen molar-refractivity contribution >= 4 is 21.9 Å². The summed E-state index contributed by atoms with van der Waals surface area (Å²) in [5, 5.41) is 8.98. The zero-order valence-corrected chi connectivity index (χ0v) is 10.5. The molecule has 0 aromatic carbocycles. The van der Waals surface area contributed by atoms with Crippen molar-refractivity contribution in [2.24, 2.45) is 0 Å². The molecule has 0 radical (unpaired) electrons. The Morgan fingerprint density at radius 1 is 1.56 bits per heavy atom. The van der Waals surface area contributed by atoms with Crippen LogP contribution in [0.1, 0.15) is 16.2 Å².